The second-order valence-corrected chi connectivity index (χ2v) is 8.82. The van der Waals surface area contributed by atoms with E-state index in [0.717, 1.165) is 6.42 Å². The van der Waals surface area contributed by atoms with Gasteiger partial charge in [-0.15, -0.1) is 0 Å². The molecule has 0 saturated carbocycles. The maximum Gasteiger partial charge on any atom is 0.328 e. The summed E-state index contributed by atoms with van der Waals surface area (Å²) in [4.78, 5) is 10.8. The van der Waals surface area contributed by atoms with Gasteiger partial charge in [0.25, 0.3) is 0 Å². The number of aliphatic carboxylic acids is 1. The zero-order valence-electron chi connectivity index (χ0n) is 17.1. The Kier molecular flexibility index (Phi) is 5.05. The number of carboxylic acids is 1. The Morgan fingerprint density at radius 2 is 1.82 bits per heavy atom. The summed E-state index contributed by atoms with van der Waals surface area (Å²) in [5.41, 5.74) is 5.58. The number of carbonyl (C=O) groups is 1. The minimum Gasteiger partial charge on any atom is -0.478 e. The molecule has 3 nitrogen and oxygen atoms in total. The average Bonchev–Trinajstić information content (AvgIpc) is 3.12. The number of carboxylic acid groups (broad SMARTS) is 1. The van der Waals surface area contributed by atoms with Crippen LogP contribution in [0.3, 0.4) is 0 Å². The molecule has 7 unspecified atom stereocenters. The molecule has 1 aromatic rings. The van der Waals surface area contributed by atoms with Crippen LogP contribution in [0, 0.1) is 17.8 Å². The third kappa shape index (κ3) is 3.26. The van der Waals surface area contributed by atoms with E-state index in [4.69, 9.17) is 9.84 Å². The van der Waals surface area contributed by atoms with Crippen LogP contribution >= 0.6 is 0 Å². The number of benzene rings is 1. The Morgan fingerprint density at radius 3 is 2.54 bits per heavy atom. The highest BCUT2D eigenvalue weighted by Gasteiger charge is 2.38. The van der Waals surface area contributed by atoms with Gasteiger partial charge in [-0.2, -0.15) is 0 Å². The smallest absolute Gasteiger partial charge is 0.328 e. The molecule has 4 rings (SSSR count). The normalized spacial score (nSPS) is 36.9. The highest BCUT2D eigenvalue weighted by atomic mass is 16.5. The summed E-state index contributed by atoms with van der Waals surface area (Å²) in [6.45, 7) is 9.47. The predicted octanol–water partition coefficient (Wildman–Crippen LogP) is 5.55. The van der Waals surface area contributed by atoms with Gasteiger partial charge in [0.2, 0.25) is 0 Å². The summed E-state index contributed by atoms with van der Waals surface area (Å²) < 4.78 is 6.07. The van der Waals surface area contributed by atoms with Gasteiger partial charge in [0.1, 0.15) is 0 Å². The average molecular weight is 379 g/mol. The number of hydrogen-bond acceptors (Lipinski definition) is 2. The summed E-state index contributed by atoms with van der Waals surface area (Å²) >= 11 is 0. The third-order valence-corrected chi connectivity index (χ3v) is 7.45. The maximum absolute atomic E-state index is 10.8. The lowest BCUT2D eigenvalue weighted by molar-refractivity contribution is -0.131. The summed E-state index contributed by atoms with van der Waals surface area (Å²) in [5.74, 6) is 1.86. The fraction of sp³-hybridized carbons (Fsp3) is 0.480. The molecule has 0 radical (unpaired) electrons. The van der Waals surface area contributed by atoms with Crippen LogP contribution in [0.4, 0.5) is 0 Å². The molecule has 0 spiro atoms. The standard InChI is InChI=1S/C25H30O3/c1-14-15(2)17(4)22-12-18(8-10-20(22)16(14)3)21-6-5-7-24-23(21)13-19(28-24)9-11-25(26)27/h5-12,14-17,19,23-24H,13H2,1-4H3,(H,26,27)/b11-9+. The van der Waals surface area contributed by atoms with Crippen molar-refractivity contribution in [2.45, 2.75) is 58.2 Å². The van der Waals surface area contributed by atoms with Gasteiger partial charge in [-0.25, -0.2) is 4.79 Å². The van der Waals surface area contributed by atoms with E-state index in [0.29, 0.717) is 23.7 Å². The molecule has 1 aliphatic heterocycles. The number of rotatable bonds is 3. The van der Waals surface area contributed by atoms with Crippen molar-refractivity contribution >= 4 is 11.5 Å². The maximum atomic E-state index is 10.8. The second-order valence-electron chi connectivity index (χ2n) is 8.82. The minimum atomic E-state index is -0.925. The van der Waals surface area contributed by atoms with E-state index in [1.807, 2.05) is 0 Å². The van der Waals surface area contributed by atoms with E-state index in [2.05, 4.69) is 64.1 Å². The number of allylic oxidation sites excluding steroid dienone is 2. The molecule has 3 heteroatoms. The van der Waals surface area contributed by atoms with Crippen molar-refractivity contribution in [1.29, 1.82) is 0 Å². The third-order valence-electron chi connectivity index (χ3n) is 7.45. The number of fused-ring (bicyclic) bond motifs is 2. The summed E-state index contributed by atoms with van der Waals surface area (Å²) in [6, 6.07) is 7.01. The molecule has 28 heavy (non-hydrogen) atoms. The molecule has 0 bridgehead atoms. The molecule has 1 saturated heterocycles. The number of hydrogen-bond donors (Lipinski definition) is 1. The lowest BCUT2D eigenvalue weighted by Crippen LogP contribution is -2.27. The Labute approximate surface area is 167 Å². The molecule has 0 amide bonds. The van der Waals surface area contributed by atoms with Crippen molar-refractivity contribution in [3.8, 4) is 0 Å². The summed E-state index contributed by atoms with van der Waals surface area (Å²) in [5, 5.41) is 8.89. The molecular weight excluding hydrogens is 348 g/mol. The van der Waals surface area contributed by atoms with E-state index < -0.39 is 5.97 Å². The van der Waals surface area contributed by atoms with Gasteiger partial charge in [-0.1, -0.05) is 64.1 Å². The lowest BCUT2D eigenvalue weighted by atomic mass is 9.65. The summed E-state index contributed by atoms with van der Waals surface area (Å²) in [6.07, 6.45) is 9.95. The topological polar surface area (TPSA) is 46.5 Å². The zero-order valence-corrected chi connectivity index (χ0v) is 17.1. The van der Waals surface area contributed by atoms with Crippen molar-refractivity contribution in [3.63, 3.8) is 0 Å². The van der Waals surface area contributed by atoms with E-state index in [1.54, 1.807) is 6.08 Å². The first kappa shape index (κ1) is 19.2. The molecule has 1 N–H and O–H groups in total. The van der Waals surface area contributed by atoms with Crippen molar-refractivity contribution in [1.82, 2.24) is 0 Å². The quantitative estimate of drug-likeness (QED) is 0.702. The first-order valence-electron chi connectivity index (χ1n) is 10.5. The van der Waals surface area contributed by atoms with Gasteiger partial charge < -0.3 is 9.84 Å². The summed E-state index contributed by atoms with van der Waals surface area (Å²) in [7, 11) is 0. The van der Waals surface area contributed by atoms with Crippen LogP contribution in [-0.2, 0) is 9.53 Å². The van der Waals surface area contributed by atoms with Gasteiger partial charge in [-0.3, -0.25) is 0 Å². The van der Waals surface area contributed by atoms with Gasteiger partial charge in [0, 0.05) is 12.0 Å². The van der Waals surface area contributed by atoms with Gasteiger partial charge in [0.05, 0.1) is 12.2 Å². The Hall–Kier alpha value is -2.13. The van der Waals surface area contributed by atoms with Crippen molar-refractivity contribution < 1.29 is 14.6 Å². The molecule has 3 aliphatic rings. The fourth-order valence-corrected chi connectivity index (χ4v) is 5.28. The van der Waals surface area contributed by atoms with Crippen LogP contribution in [0.25, 0.3) is 5.57 Å². The molecule has 7 atom stereocenters. The molecule has 0 aromatic heterocycles. The highest BCUT2D eigenvalue weighted by molar-refractivity contribution is 5.80. The molecule has 148 valence electrons. The SMILES string of the molecule is CC1c2ccc(C3=CC=CC4OC(/C=C/C(=O)O)CC34)cc2C(C)C(C)C1C. The van der Waals surface area contributed by atoms with Crippen LogP contribution in [0.2, 0.25) is 0 Å². The zero-order chi connectivity index (χ0) is 20.0. The van der Waals surface area contributed by atoms with Gasteiger partial charge in [-0.05, 0) is 58.4 Å². The van der Waals surface area contributed by atoms with E-state index >= 15 is 0 Å². The van der Waals surface area contributed by atoms with E-state index in [1.165, 1.54) is 28.3 Å². The van der Waals surface area contributed by atoms with Crippen LogP contribution in [0.1, 0.15) is 62.6 Å². The molecule has 1 fully saturated rings. The van der Waals surface area contributed by atoms with Crippen molar-refractivity contribution in [3.05, 3.63) is 65.3 Å². The van der Waals surface area contributed by atoms with Crippen LogP contribution in [0.15, 0.2) is 48.6 Å². The van der Waals surface area contributed by atoms with Crippen LogP contribution in [0.5, 0.6) is 0 Å². The monoisotopic (exact) mass is 378 g/mol. The highest BCUT2D eigenvalue weighted by Crippen LogP contribution is 2.48. The van der Waals surface area contributed by atoms with Crippen LogP contribution < -0.4 is 0 Å². The molecule has 1 heterocycles. The van der Waals surface area contributed by atoms with Gasteiger partial charge >= 0.3 is 5.97 Å². The predicted molar refractivity (Wildman–Crippen MR) is 112 cm³/mol. The lowest BCUT2D eigenvalue weighted by Gasteiger charge is -2.39. The Bertz CT molecular complexity index is 863. The van der Waals surface area contributed by atoms with Crippen molar-refractivity contribution in [2.75, 3.05) is 0 Å². The minimum absolute atomic E-state index is 0.0229. The first-order valence-corrected chi connectivity index (χ1v) is 10.5. The van der Waals surface area contributed by atoms with E-state index in [9.17, 15) is 4.79 Å². The largest absolute Gasteiger partial charge is 0.478 e. The second kappa shape index (κ2) is 7.36. The molecule has 2 aliphatic carbocycles. The Balaban J connectivity index is 1.64. The molecule has 1 aromatic carbocycles. The fourth-order valence-electron chi connectivity index (χ4n) is 5.28. The Morgan fingerprint density at radius 1 is 1.11 bits per heavy atom. The van der Waals surface area contributed by atoms with Crippen molar-refractivity contribution in [2.24, 2.45) is 17.8 Å². The van der Waals surface area contributed by atoms with E-state index in [-0.39, 0.29) is 18.1 Å². The molecular formula is C25H30O3. The number of ether oxygens (including phenoxy) is 1. The van der Waals surface area contributed by atoms with Crippen LogP contribution in [-0.4, -0.2) is 23.3 Å². The first-order chi connectivity index (χ1) is 13.4. The van der Waals surface area contributed by atoms with Gasteiger partial charge in [0.15, 0.2) is 0 Å².